The Kier molecular flexibility index (Phi) is 8.12. The second-order valence-corrected chi connectivity index (χ2v) is 11.2. The van der Waals surface area contributed by atoms with Crippen LogP contribution in [0.2, 0.25) is 0 Å². The Balaban J connectivity index is 1.51. The van der Waals surface area contributed by atoms with E-state index in [1.807, 2.05) is 0 Å². The van der Waals surface area contributed by atoms with Crippen LogP contribution in [-0.4, -0.2) is 59.6 Å². The van der Waals surface area contributed by atoms with Crippen molar-refractivity contribution in [1.82, 2.24) is 24.8 Å². The highest BCUT2D eigenvalue weighted by Crippen LogP contribution is 2.43. The molecule has 0 aliphatic heterocycles. The van der Waals surface area contributed by atoms with E-state index in [1.54, 1.807) is 13.0 Å². The third-order valence-corrected chi connectivity index (χ3v) is 8.60. The van der Waals surface area contributed by atoms with Crippen molar-refractivity contribution >= 4 is 32.8 Å². The van der Waals surface area contributed by atoms with Crippen LogP contribution in [0.4, 0.5) is 4.39 Å². The number of rotatable bonds is 11. The highest BCUT2D eigenvalue weighted by molar-refractivity contribution is 7.91. The summed E-state index contributed by atoms with van der Waals surface area (Å²) in [5.41, 5.74) is -0.440. The van der Waals surface area contributed by atoms with Crippen LogP contribution in [-0.2, 0) is 33.1 Å². The van der Waals surface area contributed by atoms with Crippen molar-refractivity contribution < 1.29 is 31.9 Å². The molecule has 0 radical (unpaired) electrons. The molecule has 2 N–H and O–H groups in total. The summed E-state index contributed by atoms with van der Waals surface area (Å²) in [6, 6.07) is 6.91. The van der Waals surface area contributed by atoms with Gasteiger partial charge in [0, 0.05) is 19.0 Å². The number of nitrogens with zero attached hydrogens (tertiary/aromatic N) is 4. The van der Waals surface area contributed by atoms with Crippen LogP contribution < -0.4 is 20.3 Å². The summed E-state index contributed by atoms with van der Waals surface area (Å²) in [5.74, 6) is -2.26. The number of nitrogens with one attached hydrogen (secondary N) is 2. The number of carbonyl (C=O) groups is 2. The van der Waals surface area contributed by atoms with Crippen molar-refractivity contribution in [3.05, 3.63) is 63.3 Å². The van der Waals surface area contributed by atoms with Crippen molar-refractivity contribution in [1.29, 1.82) is 5.26 Å². The molecule has 15 heteroatoms. The second kappa shape index (κ2) is 11.4. The van der Waals surface area contributed by atoms with Crippen LogP contribution in [0.15, 0.2) is 35.3 Å². The van der Waals surface area contributed by atoms with Gasteiger partial charge in [0.25, 0.3) is 17.3 Å². The first-order valence-electron chi connectivity index (χ1n) is 12.1. The zero-order valence-corrected chi connectivity index (χ0v) is 22.4. The Morgan fingerprint density at radius 1 is 1.27 bits per heavy atom. The molecule has 2 aromatic heterocycles. The van der Waals surface area contributed by atoms with Gasteiger partial charge in [-0.15, -0.1) is 5.10 Å². The lowest BCUT2D eigenvalue weighted by Gasteiger charge is -2.18. The number of esters is 1. The van der Waals surface area contributed by atoms with Gasteiger partial charge < -0.3 is 19.4 Å². The minimum Gasteiger partial charge on any atom is -0.473 e. The second-order valence-electron chi connectivity index (χ2n) is 9.09. The number of halogens is 1. The SMILES string of the molecule is CCOC(=O)CNS(=O)(=O)C1(COc2nncc3cc(C(=O)NCc4ccc(C#N)c(F)c4)c(=O)n(C)c23)CC1. The average Bonchev–Trinajstić information content (AvgIpc) is 3.73. The number of aromatic nitrogens is 3. The van der Waals surface area contributed by atoms with E-state index < -0.39 is 44.6 Å². The van der Waals surface area contributed by atoms with E-state index in [1.165, 1.54) is 31.4 Å². The third-order valence-electron chi connectivity index (χ3n) is 6.40. The molecule has 1 aromatic carbocycles. The molecule has 13 nitrogen and oxygen atoms in total. The molecule has 0 atom stereocenters. The number of fused-ring (bicyclic) bond motifs is 1. The van der Waals surface area contributed by atoms with Crippen LogP contribution in [0, 0.1) is 17.1 Å². The fourth-order valence-corrected chi connectivity index (χ4v) is 5.43. The molecule has 0 bridgehead atoms. The van der Waals surface area contributed by atoms with Crippen molar-refractivity contribution in [2.75, 3.05) is 19.8 Å². The highest BCUT2D eigenvalue weighted by atomic mass is 32.2. The lowest BCUT2D eigenvalue weighted by Crippen LogP contribution is -2.42. The number of aryl methyl sites for hydroxylation is 1. The quantitative estimate of drug-likeness (QED) is 0.310. The van der Waals surface area contributed by atoms with Crippen molar-refractivity contribution in [2.24, 2.45) is 7.05 Å². The van der Waals surface area contributed by atoms with Gasteiger partial charge in [0.1, 0.15) is 40.9 Å². The zero-order valence-electron chi connectivity index (χ0n) is 21.6. The average molecular weight is 573 g/mol. The molecule has 4 rings (SSSR count). The zero-order chi connectivity index (χ0) is 29.1. The normalized spacial score (nSPS) is 13.8. The van der Waals surface area contributed by atoms with E-state index in [9.17, 15) is 27.2 Å². The van der Waals surface area contributed by atoms with Gasteiger partial charge in [-0.25, -0.2) is 17.5 Å². The third kappa shape index (κ3) is 5.77. The minimum absolute atomic E-state index is 0.0909. The smallest absolute Gasteiger partial charge is 0.320 e. The van der Waals surface area contributed by atoms with Gasteiger partial charge in [0.2, 0.25) is 10.0 Å². The Morgan fingerprint density at radius 3 is 2.67 bits per heavy atom. The van der Waals surface area contributed by atoms with Gasteiger partial charge in [-0.05, 0) is 43.5 Å². The maximum absolute atomic E-state index is 13.9. The molecule has 1 saturated carbocycles. The number of benzene rings is 1. The number of sulfonamides is 1. The molecular formula is C25H25FN6O7S. The number of nitriles is 1. The number of hydrogen-bond acceptors (Lipinski definition) is 10. The Hall–Kier alpha value is -4.42. The highest BCUT2D eigenvalue weighted by Gasteiger charge is 2.55. The van der Waals surface area contributed by atoms with Crippen LogP contribution in [0.25, 0.3) is 10.9 Å². The van der Waals surface area contributed by atoms with Crippen LogP contribution in [0.3, 0.4) is 0 Å². The molecule has 0 spiro atoms. The molecule has 210 valence electrons. The number of pyridine rings is 1. The van der Waals surface area contributed by atoms with Gasteiger partial charge in [0.05, 0.1) is 18.4 Å². The standard InChI is InChI=1S/C25H25FN6O7S/c1-3-38-20(33)13-30-40(36,37)25(6-7-25)14-39-23-21-17(12-29-31-23)9-18(24(35)32(21)2)22(34)28-11-15-4-5-16(10-27)19(26)8-15/h4-5,8-9,12,30H,3,6-7,11,13-14H2,1-2H3,(H,28,34). The van der Waals surface area contributed by atoms with E-state index >= 15 is 0 Å². The number of carbonyl (C=O) groups excluding carboxylic acids is 2. The van der Waals surface area contributed by atoms with Gasteiger partial charge in [0.15, 0.2) is 0 Å². The summed E-state index contributed by atoms with van der Waals surface area (Å²) in [6.07, 6.45) is 1.89. The van der Waals surface area contributed by atoms with Crippen LogP contribution in [0.1, 0.15) is 41.3 Å². The number of amides is 1. The number of ether oxygens (including phenoxy) is 2. The first-order valence-corrected chi connectivity index (χ1v) is 13.6. The summed E-state index contributed by atoms with van der Waals surface area (Å²) in [6.45, 7) is 0.818. The monoisotopic (exact) mass is 572 g/mol. The van der Waals surface area contributed by atoms with Crippen molar-refractivity contribution in [3.8, 4) is 11.9 Å². The van der Waals surface area contributed by atoms with Gasteiger partial charge >= 0.3 is 5.97 Å². The maximum Gasteiger partial charge on any atom is 0.320 e. The Morgan fingerprint density at radius 2 is 2.02 bits per heavy atom. The van der Waals surface area contributed by atoms with E-state index in [-0.39, 0.29) is 55.1 Å². The molecule has 1 aliphatic carbocycles. The Bertz CT molecular complexity index is 1700. The number of hydrogen-bond donors (Lipinski definition) is 2. The molecule has 40 heavy (non-hydrogen) atoms. The molecule has 1 amide bonds. The predicted molar refractivity (Wildman–Crippen MR) is 138 cm³/mol. The van der Waals surface area contributed by atoms with Gasteiger partial charge in [-0.2, -0.15) is 10.4 Å². The van der Waals surface area contributed by atoms with Gasteiger partial charge in [-0.3, -0.25) is 14.4 Å². The van der Waals surface area contributed by atoms with Crippen molar-refractivity contribution in [3.63, 3.8) is 0 Å². The van der Waals surface area contributed by atoms with E-state index in [2.05, 4.69) is 20.2 Å². The molecule has 1 aliphatic rings. The molecule has 0 saturated heterocycles. The lowest BCUT2D eigenvalue weighted by atomic mass is 10.1. The molecule has 3 aromatic rings. The summed E-state index contributed by atoms with van der Waals surface area (Å²) < 4.78 is 52.0. The van der Waals surface area contributed by atoms with E-state index in [4.69, 9.17) is 14.7 Å². The molecule has 2 heterocycles. The fraction of sp³-hybridized carbons (Fsp3) is 0.360. The van der Waals surface area contributed by atoms with Crippen LogP contribution >= 0.6 is 0 Å². The van der Waals surface area contributed by atoms with Crippen molar-refractivity contribution in [2.45, 2.75) is 31.1 Å². The summed E-state index contributed by atoms with van der Waals surface area (Å²) in [4.78, 5) is 37.4. The van der Waals surface area contributed by atoms with Gasteiger partial charge in [-0.1, -0.05) is 6.07 Å². The first-order chi connectivity index (χ1) is 19.0. The predicted octanol–water partition coefficient (Wildman–Crippen LogP) is 0.663. The largest absolute Gasteiger partial charge is 0.473 e. The van der Waals surface area contributed by atoms with Crippen LogP contribution in [0.5, 0.6) is 5.88 Å². The van der Waals surface area contributed by atoms with E-state index in [0.29, 0.717) is 10.9 Å². The molecular weight excluding hydrogens is 547 g/mol. The lowest BCUT2D eigenvalue weighted by molar-refractivity contribution is -0.141. The van der Waals surface area contributed by atoms with E-state index in [0.717, 1.165) is 10.6 Å². The first kappa shape index (κ1) is 28.6. The maximum atomic E-state index is 13.9. The topological polar surface area (TPSA) is 182 Å². The fourth-order valence-electron chi connectivity index (χ4n) is 3.96. The minimum atomic E-state index is -3.94. The molecule has 1 fully saturated rings. The summed E-state index contributed by atoms with van der Waals surface area (Å²) in [7, 11) is -2.54. The summed E-state index contributed by atoms with van der Waals surface area (Å²) >= 11 is 0. The Labute approximate surface area is 228 Å². The summed E-state index contributed by atoms with van der Waals surface area (Å²) in [5, 5.41) is 19.5. The molecule has 0 unspecified atom stereocenters.